The molecule has 256 valence electrons. The van der Waals surface area contributed by atoms with Gasteiger partial charge in [0.05, 0.1) is 12.6 Å². The predicted octanol–water partition coefficient (Wildman–Crippen LogP) is 0.141. The van der Waals surface area contributed by atoms with Crippen molar-refractivity contribution in [3.05, 3.63) is 70.0 Å². The van der Waals surface area contributed by atoms with Crippen LogP contribution in [0.15, 0.2) is 58.3 Å². The Morgan fingerprint density at radius 2 is 1.94 bits per heavy atom. The monoisotopic (exact) mass is 709 g/mol. The number of nitrogens with one attached hydrogen (secondary N) is 2. The van der Waals surface area contributed by atoms with E-state index in [2.05, 4.69) is 25.0 Å². The number of carbonyl (C=O) groups is 4. The Hall–Kier alpha value is -5.43. The van der Waals surface area contributed by atoms with Crippen LogP contribution in [0.5, 0.6) is 0 Å². The molecule has 0 spiro atoms. The van der Waals surface area contributed by atoms with Crippen molar-refractivity contribution in [2.45, 2.75) is 50.5 Å². The molecule has 2 amide bonds. The smallest absolute Gasteiger partial charge is 0.352 e. The highest BCUT2D eigenvalue weighted by Crippen LogP contribution is 2.40. The maximum atomic E-state index is 13.4. The van der Waals surface area contributed by atoms with Crippen LogP contribution in [0.25, 0.3) is 0 Å². The van der Waals surface area contributed by atoms with Crippen molar-refractivity contribution in [2.75, 3.05) is 22.9 Å². The molecule has 49 heavy (non-hydrogen) atoms. The van der Waals surface area contributed by atoms with Crippen LogP contribution in [0.3, 0.4) is 0 Å². The molecule has 19 heteroatoms. The number of fused-ring (bicyclic) bond motifs is 2. The molecule has 2 aromatic heterocycles. The Balaban J connectivity index is 1.17. The number of carbonyl (C=O) groups excluding carboxylic acids is 2. The van der Waals surface area contributed by atoms with Crippen molar-refractivity contribution in [3.63, 3.8) is 0 Å². The van der Waals surface area contributed by atoms with E-state index in [0.717, 1.165) is 29.3 Å². The molecule has 2 atom stereocenters. The SMILES string of the molecule is CC(C)(O/N=C(\C(=O)N[C@@H]1C(=O)N2C(C(=O)O)=C(C[n+]3ccc4n3CCN4Cc3ccc(C(=N)N)cc3)CS[C@H]12)c1csc(N)n1)C(=O)O. The summed E-state index contributed by atoms with van der Waals surface area (Å²) in [6, 6.07) is 8.39. The predicted molar refractivity (Wildman–Crippen MR) is 179 cm³/mol. The number of amides is 2. The molecular formula is C30H33N10O7S2+. The van der Waals surface area contributed by atoms with Crippen LogP contribution in [-0.2, 0) is 43.7 Å². The highest BCUT2D eigenvalue weighted by Gasteiger charge is 2.55. The summed E-state index contributed by atoms with van der Waals surface area (Å²) in [5.74, 6) is -2.79. The lowest BCUT2D eigenvalue weighted by atomic mass is 10.0. The molecule has 1 saturated heterocycles. The minimum absolute atomic E-state index is 0.00979. The maximum absolute atomic E-state index is 13.4. The van der Waals surface area contributed by atoms with E-state index in [-0.39, 0.29) is 34.6 Å². The van der Waals surface area contributed by atoms with E-state index in [9.17, 15) is 29.4 Å². The topological polar surface area (TPSA) is 246 Å². The first-order valence-electron chi connectivity index (χ1n) is 14.9. The third-order valence-corrected chi connectivity index (χ3v) is 10.3. The van der Waals surface area contributed by atoms with Gasteiger partial charge in [-0.3, -0.25) is 19.9 Å². The highest BCUT2D eigenvalue weighted by atomic mass is 32.2. The lowest BCUT2D eigenvalue weighted by molar-refractivity contribution is -0.766. The fourth-order valence-electron chi connectivity index (χ4n) is 5.61. The number of carboxylic acid groups (broad SMARTS) is 2. The molecule has 0 bridgehead atoms. The third-order valence-electron chi connectivity index (χ3n) is 8.26. The van der Waals surface area contributed by atoms with Gasteiger partial charge in [0.1, 0.15) is 28.6 Å². The number of aromatic nitrogens is 3. The van der Waals surface area contributed by atoms with E-state index in [1.165, 1.54) is 35.9 Å². The molecule has 6 rings (SSSR count). The van der Waals surface area contributed by atoms with Crippen molar-refractivity contribution in [1.82, 2.24) is 19.9 Å². The molecule has 0 aliphatic carbocycles. The summed E-state index contributed by atoms with van der Waals surface area (Å²) in [5.41, 5.74) is 11.3. The van der Waals surface area contributed by atoms with Crippen LogP contribution in [0, 0.1) is 5.41 Å². The molecule has 0 unspecified atom stereocenters. The fraction of sp³-hybridized carbons (Fsp3) is 0.333. The van der Waals surface area contributed by atoms with Crippen molar-refractivity contribution in [2.24, 2.45) is 10.9 Å². The van der Waals surface area contributed by atoms with Crippen LogP contribution in [-0.4, -0.2) is 89.4 Å². The number of carboxylic acids is 2. The summed E-state index contributed by atoms with van der Waals surface area (Å²) in [6.07, 6.45) is 1.88. The van der Waals surface area contributed by atoms with Gasteiger partial charge in [0, 0.05) is 35.4 Å². The minimum Gasteiger partial charge on any atom is -0.478 e. The van der Waals surface area contributed by atoms with Crippen molar-refractivity contribution in [1.29, 1.82) is 5.41 Å². The van der Waals surface area contributed by atoms with Crippen LogP contribution in [0.1, 0.15) is 30.7 Å². The van der Waals surface area contributed by atoms with Crippen LogP contribution < -0.4 is 26.4 Å². The molecule has 5 heterocycles. The number of rotatable bonds is 12. The maximum Gasteiger partial charge on any atom is 0.352 e. The Bertz CT molecular complexity index is 1930. The van der Waals surface area contributed by atoms with Crippen LogP contribution in [0.4, 0.5) is 10.9 Å². The second kappa shape index (κ2) is 12.9. The second-order valence-electron chi connectivity index (χ2n) is 12.0. The Kier molecular flexibility index (Phi) is 8.80. The number of nitrogen functional groups attached to an aromatic ring is 2. The fourth-order valence-corrected chi connectivity index (χ4v) is 7.49. The van der Waals surface area contributed by atoms with E-state index >= 15 is 0 Å². The summed E-state index contributed by atoms with van der Waals surface area (Å²) < 4.78 is 3.99. The minimum atomic E-state index is -1.77. The molecule has 8 N–H and O–H groups in total. The standard InChI is InChI=1S/C30H32N10O7S2/c1-30(2,28(45)46)47-36-20(18-14-49-29(33)34-18)24(41)35-21-25(42)40-22(27(43)44)17(13-48-26(21)40)12-38-8-7-19-37(9-10-39(19)38)11-15-3-5-16(6-4-15)23(31)32/h3-8,14,21,26H,9-13H2,1-2H3,(H7-,31,32,33,34,35,41,43,44,45,46)/p+1/b36-20-/t21-,26-/m1/s1. The lowest BCUT2D eigenvalue weighted by Crippen LogP contribution is -2.71. The Morgan fingerprint density at radius 3 is 2.57 bits per heavy atom. The number of oxime groups is 1. The molecule has 17 nitrogen and oxygen atoms in total. The lowest BCUT2D eigenvalue weighted by Gasteiger charge is -2.49. The van der Waals surface area contributed by atoms with Gasteiger partial charge in [0.25, 0.3) is 11.8 Å². The van der Waals surface area contributed by atoms with E-state index in [1.807, 2.05) is 41.2 Å². The van der Waals surface area contributed by atoms with Gasteiger partial charge >= 0.3 is 11.9 Å². The van der Waals surface area contributed by atoms with Crippen molar-refractivity contribution >= 4 is 69.3 Å². The average molecular weight is 710 g/mol. The number of β-lactam (4-membered cyclic amide) rings is 1. The molecule has 1 fully saturated rings. The number of benzene rings is 1. The van der Waals surface area contributed by atoms with Gasteiger partial charge in [0.15, 0.2) is 29.4 Å². The molecule has 1 aromatic carbocycles. The van der Waals surface area contributed by atoms with Gasteiger partial charge < -0.3 is 36.7 Å². The van der Waals surface area contributed by atoms with Crippen molar-refractivity contribution < 1.29 is 38.9 Å². The number of nitrogens with two attached hydrogens (primary N) is 2. The number of nitrogens with zero attached hydrogens (tertiary/aromatic N) is 6. The summed E-state index contributed by atoms with van der Waals surface area (Å²) in [6.45, 7) is 4.81. The van der Waals surface area contributed by atoms with E-state index in [1.54, 1.807) is 0 Å². The molecule has 0 saturated carbocycles. The first-order valence-corrected chi connectivity index (χ1v) is 16.9. The Morgan fingerprint density at radius 1 is 1.20 bits per heavy atom. The largest absolute Gasteiger partial charge is 0.478 e. The van der Waals surface area contributed by atoms with Gasteiger partial charge in [-0.25, -0.2) is 14.6 Å². The Labute approximate surface area is 287 Å². The first-order chi connectivity index (χ1) is 23.2. The second-order valence-corrected chi connectivity index (χ2v) is 14.0. The normalized spacial score (nSPS) is 18.9. The number of thiazole rings is 1. The zero-order valence-electron chi connectivity index (χ0n) is 26.3. The number of hydrogen-bond acceptors (Lipinski definition) is 12. The molecule has 3 aliphatic rings. The third kappa shape index (κ3) is 6.41. The number of anilines is 2. The van der Waals surface area contributed by atoms with E-state index in [0.29, 0.717) is 30.0 Å². The molecule has 3 aromatic rings. The molecule has 0 radical (unpaired) electrons. The number of hydrogen-bond donors (Lipinski definition) is 6. The van der Waals surface area contributed by atoms with Gasteiger partial charge in [-0.2, -0.15) is 0 Å². The van der Waals surface area contributed by atoms with Crippen LogP contribution in [0.2, 0.25) is 0 Å². The summed E-state index contributed by atoms with van der Waals surface area (Å²) in [5, 5.41) is 34.4. The van der Waals surface area contributed by atoms with Gasteiger partial charge in [-0.15, -0.1) is 32.5 Å². The van der Waals surface area contributed by atoms with Gasteiger partial charge in [0.2, 0.25) is 5.60 Å². The summed E-state index contributed by atoms with van der Waals surface area (Å²) in [7, 11) is 0. The number of thioether (sulfide) groups is 1. The highest BCUT2D eigenvalue weighted by molar-refractivity contribution is 8.00. The van der Waals surface area contributed by atoms with E-state index < -0.39 is 40.8 Å². The van der Waals surface area contributed by atoms with Crippen LogP contribution >= 0.6 is 23.1 Å². The quantitative estimate of drug-likeness (QED) is 0.0484. The number of aliphatic carboxylic acids is 2. The zero-order valence-corrected chi connectivity index (χ0v) is 28.0. The average Bonchev–Trinajstić information content (AvgIpc) is 3.78. The first kappa shape index (κ1) is 33.5. The van der Waals surface area contributed by atoms with Gasteiger partial charge in [-0.05, 0) is 19.4 Å². The molecular weight excluding hydrogens is 677 g/mol. The van der Waals surface area contributed by atoms with Crippen molar-refractivity contribution in [3.8, 4) is 0 Å². The van der Waals surface area contributed by atoms with Gasteiger partial charge in [-0.1, -0.05) is 29.4 Å². The number of amidine groups is 1. The zero-order chi connectivity index (χ0) is 35.2. The van der Waals surface area contributed by atoms with E-state index in [4.69, 9.17) is 21.7 Å². The molecule has 3 aliphatic heterocycles. The summed E-state index contributed by atoms with van der Waals surface area (Å²) >= 11 is 2.35. The summed E-state index contributed by atoms with van der Waals surface area (Å²) in [4.78, 5) is 63.4.